The van der Waals surface area contributed by atoms with E-state index in [1.165, 1.54) is 21.9 Å². The fourth-order valence-electron chi connectivity index (χ4n) is 2.85. The Bertz CT molecular complexity index is 1130. The van der Waals surface area contributed by atoms with Crippen LogP contribution >= 0.6 is 11.3 Å². The van der Waals surface area contributed by atoms with Crippen molar-refractivity contribution in [3.8, 4) is 0 Å². The molecular formula is C20H17N3O3S. The van der Waals surface area contributed by atoms with E-state index in [4.69, 9.17) is 4.42 Å². The van der Waals surface area contributed by atoms with Gasteiger partial charge in [0.25, 0.3) is 11.5 Å². The van der Waals surface area contributed by atoms with Crippen LogP contribution in [-0.4, -0.2) is 15.3 Å². The highest BCUT2D eigenvalue weighted by Gasteiger charge is 2.18. The summed E-state index contributed by atoms with van der Waals surface area (Å²) in [5, 5.41) is 2.77. The summed E-state index contributed by atoms with van der Waals surface area (Å²) in [6.07, 6.45) is 5.35. The maximum Gasteiger partial charge on any atom is 0.271 e. The molecule has 0 bridgehead atoms. The number of carbonyl (C=O) groups is 1. The molecule has 0 aliphatic carbocycles. The van der Waals surface area contributed by atoms with Crippen LogP contribution in [0, 0.1) is 0 Å². The average molecular weight is 379 g/mol. The normalized spacial score (nSPS) is 12.2. The highest BCUT2D eigenvalue weighted by atomic mass is 32.1. The lowest BCUT2D eigenvalue weighted by atomic mass is 10.1. The van der Waals surface area contributed by atoms with Gasteiger partial charge in [-0.1, -0.05) is 30.3 Å². The van der Waals surface area contributed by atoms with Crippen molar-refractivity contribution < 1.29 is 9.21 Å². The largest absolute Gasteiger partial charge is 0.467 e. The summed E-state index contributed by atoms with van der Waals surface area (Å²) in [5.74, 6) is 0.153. The van der Waals surface area contributed by atoms with Crippen LogP contribution in [0.5, 0.6) is 0 Å². The number of amides is 1. The number of fused-ring (bicyclic) bond motifs is 1. The minimum absolute atomic E-state index is 0.00923. The Hall–Kier alpha value is -3.19. The number of thiazole rings is 1. The predicted octanol–water partition coefficient (Wildman–Crippen LogP) is 3.43. The van der Waals surface area contributed by atoms with Crippen LogP contribution in [0.2, 0.25) is 0 Å². The lowest BCUT2D eigenvalue weighted by Crippen LogP contribution is -2.32. The molecular weight excluding hydrogens is 362 g/mol. The van der Waals surface area contributed by atoms with Crippen molar-refractivity contribution in [2.75, 3.05) is 0 Å². The Morgan fingerprint density at radius 2 is 2.07 bits per heavy atom. The smallest absolute Gasteiger partial charge is 0.271 e. The zero-order valence-electron chi connectivity index (χ0n) is 14.6. The van der Waals surface area contributed by atoms with E-state index in [-0.39, 0.29) is 17.2 Å². The Kier molecular flexibility index (Phi) is 4.60. The number of furan rings is 1. The first-order valence-corrected chi connectivity index (χ1v) is 9.32. The fourth-order valence-corrected chi connectivity index (χ4v) is 3.82. The van der Waals surface area contributed by atoms with Gasteiger partial charge in [-0.2, -0.15) is 0 Å². The number of carbonyl (C=O) groups excluding carboxylic acids is 1. The van der Waals surface area contributed by atoms with Crippen molar-refractivity contribution in [3.63, 3.8) is 0 Å². The summed E-state index contributed by atoms with van der Waals surface area (Å²) in [4.78, 5) is 31.1. The summed E-state index contributed by atoms with van der Waals surface area (Å²) < 4.78 is 6.72. The summed E-state index contributed by atoms with van der Waals surface area (Å²) in [5.41, 5.74) is 0.789. The van der Waals surface area contributed by atoms with Crippen molar-refractivity contribution in [1.29, 1.82) is 0 Å². The Morgan fingerprint density at radius 1 is 1.26 bits per heavy atom. The van der Waals surface area contributed by atoms with Gasteiger partial charge in [0.15, 0.2) is 4.96 Å². The van der Waals surface area contributed by atoms with Gasteiger partial charge in [0.2, 0.25) is 0 Å². The van der Waals surface area contributed by atoms with Gasteiger partial charge in [0.1, 0.15) is 11.3 Å². The number of nitrogens with zero attached hydrogens (tertiary/aromatic N) is 2. The molecule has 0 radical (unpaired) electrons. The van der Waals surface area contributed by atoms with Gasteiger partial charge in [0, 0.05) is 23.7 Å². The molecule has 3 aromatic heterocycles. The summed E-state index contributed by atoms with van der Waals surface area (Å²) >= 11 is 1.44. The quantitative estimate of drug-likeness (QED) is 0.576. The van der Waals surface area contributed by atoms with Crippen LogP contribution in [0.1, 0.15) is 39.5 Å². The van der Waals surface area contributed by atoms with Crippen LogP contribution in [0.4, 0.5) is 0 Å². The number of hydrogen-bond donors (Lipinski definition) is 1. The molecule has 27 heavy (non-hydrogen) atoms. The molecule has 6 nitrogen and oxygen atoms in total. The predicted molar refractivity (Wildman–Crippen MR) is 103 cm³/mol. The molecule has 1 aromatic carbocycles. The number of hydrogen-bond acceptors (Lipinski definition) is 5. The standard InChI is InChI=1S/C20H17N3O3S/c1-13(17-8-5-9-26-17)22-18(24)16-11-21-20-23(19(16)25)12-15(27-20)10-14-6-3-2-4-7-14/h2-9,11-13H,10H2,1H3,(H,22,24). The molecule has 0 aliphatic rings. The molecule has 136 valence electrons. The molecule has 7 heteroatoms. The van der Waals surface area contributed by atoms with Crippen molar-refractivity contribution in [2.24, 2.45) is 0 Å². The summed E-state index contributed by atoms with van der Waals surface area (Å²) in [7, 11) is 0. The van der Waals surface area contributed by atoms with E-state index < -0.39 is 5.91 Å². The molecule has 0 aliphatic heterocycles. The first-order chi connectivity index (χ1) is 13.1. The lowest BCUT2D eigenvalue weighted by Gasteiger charge is -2.10. The first-order valence-electron chi connectivity index (χ1n) is 8.50. The van der Waals surface area contributed by atoms with Gasteiger partial charge in [-0.15, -0.1) is 11.3 Å². The SMILES string of the molecule is CC(NC(=O)c1cnc2sc(Cc3ccccc3)cn2c1=O)c1ccco1. The average Bonchev–Trinajstić information content (AvgIpc) is 3.32. The van der Waals surface area contributed by atoms with Crippen LogP contribution < -0.4 is 10.9 Å². The van der Waals surface area contributed by atoms with Crippen molar-refractivity contribution in [1.82, 2.24) is 14.7 Å². The van der Waals surface area contributed by atoms with Gasteiger partial charge in [-0.3, -0.25) is 14.0 Å². The van der Waals surface area contributed by atoms with Crippen LogP contribution in [0.25, 0.3) is 4.96 Å². The fraction of sp³-hybridized carbons (Fsp3) is 0.150. The topological polar surface area (TPSA) is 76.6 Å². The Balaban J connectivity index is 1.60. The van der Waals surface area contributed by atoms with E-state index in [9.17, 15) is 9.59 Å². The third-order valence-corrected chi connectivity index (χ3v) is 5.23. The van der Waals surface area contributed by atoms with E-state index in [1.54, 1.807) is 31.5 Å². The van der Waals surface area contributed by atoms with Crippen molar-refractivity contribution in [3.05, 3.63) is 93.2 Å². The van der Waals surface area contributed by atoms with E-state index in [0.29, 0.717) is 17.1 Å². The summed E-state index contributed by atoms with van der Waals surface area (Å²) in [6, 6.07) is 13.2. The Morgan fingerprint density at radius 3 is 2.81 bits per heavy atom. The third-order valence-electron chi connectivity index (χ3n) is 4.24. The molecule has 1 N–H and O–H groups in total. The van der Waals surface area contributed by atoms with Gasteiger partial charge in [0.05, 0.1) is 12.3 Å². The first kappa shape index (κ1) is 17.2. The van der Waals surface area contributed by atoms with Crippen LogP contribution in [0.3, 0.4) is 0 Å². The number of benzene rings is 1. The van der Waals surface area contributed by atoms with E-state index >= 15 is 0 Å². The maximum absolute atomic E-state index is 12.7. The van der Waals surface area contributed by atoms with Gasteiger partial charge >= 0.3 is 0 Å². The Labute approximate surface area is 159 Å². The second kappa shape index (κ2) is 7.20. The molecule has 0 spiro atoms. The minimum atomic E-state index is -0.471. The number of rotatable bonds is 5. The molecule has 3 heterocycles. The number of nitrogens with one attached hydrogen (secondary N) is 1. The van der Waals surface area contributed by atoms with Gasteiger partial charge in [-0.05, 0) is 24.6 Å². The van der Waals surface area contributed by atoms with Crippen molar-refractivity contribution in [2.45, 2.75) is 19.4 Å². The van der Waals surface area contributed by atoms with Crippen LogP contribution in [0.15, 0.2) is 70.3 Å². The highest BCUT2D eigenvalue weighted by Crippen LogP contribution is 2.19. The summed E-state index contributed by atoms with van der Waals surface area (Å²) in [6.45, 7) is 1.79. The maximum atomic E-state index is 12.7. The molecule has 1 amide bonds. The molecule has 0 saturated heterocycles. The van der Waals surface area contributed by atoms with Crippen molar-refractivity contribution >= 4 is 22.2 Å². The zero-order chi connectivity index (χ0) is 18.8. The van der Waals surface area contributed by atoms with Gasteiger partial charge < -0.3 is 9.73 Å². The molecule has 0 fully saturated rings. The van der Waals surface area contributed by atoms with E-state index in [2.05, 4.69) is 10.3 Å². The minimum Gasteiger partial charge on any atom is -0.467 e. The zero-order valence-corrected chi connectivity index (χ0v) is 15.4. The molecule has 0 saturated carbocycles. The molecule has 1 atom stereocenters. The molecule has 1 unspecified atom stereocenters. The second-order valence-electron chi connectivity index (χ2n) is 6.20. The highest BCUT2D eigenvalue weighted by molar-refractivity contribution is 7.17. The van der Waals surface area contributed by atoms with E-state index in [1.807, 2.05) is 30.3 Å². The molecule has 4 aromatic rings. The lowest BCUT2D eigenvalue weighted by molar-refractivity contribution is 0.0933. The van der Waals surface area contributed by atoms with E-state index in [0.717, 1.165) is 10.4 Å². The second-order valence-corrected chi connectivity index (χ2v) is 7.29. The van der Waals surface area contributed by atoms with Gasteiger partial charge in [-0.25, -0.2) is 4.98 Å². The number of aromatic nitrogens is 2. The monoisotopic (exact) mass is 379 g/mol. The third kappa shape index (κ3) is 3.54. The molecule has 4 rings (SSSR count). The van der Waals surface area contributed by atoms with Crippen LogP contribution in [-0.2, 0) is 6.42 Å².